The normalized spacial score (nSPS) is 20.7. The lowest BCUT2D eigenvalue weighted by molar-refractivity contribution is 0.206. The first-order valence-corrected chi connectivity index (χ1v) is 7.18. The SMILES string of the molecule is Cc1cc([C@H]2CCCN2Cc2nc(C)cs2)on1. The fourth-order valence-corrected chi connectivity index (χ4v) is 3.32. The van der Waals surface area contributed by atoms with Gasteiger partial charge in [0.05, 0.1) is 18.3 Å². The van der Waals surface area contributed by atoms with E-state index in [1.54, 1.807) is 11.3 Å². The molecular formula is C13H17N3OS. The Morgan fingerprint density at radius 1 is 1.44 bits per heavy atom. The molecule has 0 aromatic carbocycles. The van der Waals surface area contributed by atoms with Crippen LogP contribution in [0.4, 0.5) is 0 Å². The highest BCUT2D eigenvalue weighted by atomic mass is 32.1. The molecule has 2 aromatic rings. The summed E-state index contributed by atoms with van der Waals surface area (Å²) >= 11 is 1.74. The first kappa shape index (κ1) is 11.9. The van der Waals surface area contributed by atoms with Crippen LogP contribution in [0.2, 0.25) is 0 Å². The van der Waals surface area contributed by atoms with Crippen molar-refractivity contribution >= 4 is 11.3 Å². The maximum Gasteiger partial charge on any atom is 0.154 e. The van der Waals surface area contributed by atoms with Crippen molar-refractivity contribution in [2.24, 2.45) is 0 Å². The molecule has 96 valence electrons. The first-order valence-electron chi connectivity index (χ1n) is 6.30. The van der Waals surface area contributed by atoms with Crippen molar-refractivity contribution in [3.8, 4) is 0 Å². The van der Waals surface area contributed by atoms with Crippen LogP contribution in [-0.2, 0) is 6.54 Å². The quantitative estimate of drug-likeness (QED) is 0.853. The van der Waals surface area contributed by atoms with Crippen LogP contribution in [0.1, 0.15) is 41.0 Å². The molecule has 0 amide bonds. The summed E-state index contributed by atoms with van der Waals surface area (Å²) in [6, 6.07) is 2.42. The second kappa shape index (κ2) is 4.82. The molecule has 0 spiro atoms. The van der Waals surface area contributed by atoms with Gasteiger partial charge in [-0.05, 0) is 33.2 Å². The minimum atomic E-state index is 0.371. The molecule has 3 heterocycles. The third-order valence-electron chi connectivity index (χ3n) is 3.34. The lowest BCUT2D eigenvalue weighted by Gasteiger charge is -2.20. The molecule has 1 saturated heterocycles. The maximum absolute atomic E-state index is 5.41. The van der Waals surface area contributed by atoms with Crippen molar-refractivity contribution in [2.45, 2.75) is 39.3 Å². The Balaban J connectivity index is 1.75. The van der Waals surface area contributed by atoms with E-state index in [0.29, 0.717) is 6.04 Å². The van der Waals surface area contributed by atoms with Crippen LogP contribution in [-0.4, -0.2) is 21.6 Å². The summed E-state index contributed by atoms with van der Waals surface area (Å²) in [5, 5.41) is 7.29. The predicted molar refractivity (Wildman–Crippen MR) is 70.5 cm³/mol. The van der Waals surface area contributed by atoms with Crippen molar-refractivity contribution in [2.75, 3.05) is 6.54 Å². The maximum atomic E-state index is 5.41. The van der Waals surface area contributed by atoms with Gasteiger partial charge in [0, 0.05) is 17.1 Å². The van der Waals surface area contributed by atoms with Crippen LogP contribution in [0.15, 0.2) is 16.0 Å². The summed E-state index contributed by atoms with van der Waals surface area (Å²) in [6.07, 6.45) is 2.37. The molecule has 1 aliphatic rings. The topological polar surface area (TPSA) is 42.2 Å². The summed E-state index contributed by atoms with van der Waals surface area (Å²) in [4.78, 5) is 6.98. The van der Waals surface area contributed by atoms with Crippen LogP contribution in [0.3, 0.4) is 0 Å². The fourth-order valence-electron chi connectivity index (χ4n) is 2.53. The van der Waals surface area contributed by atoms with Crippen LogP contribution in [0.25, 0.3) is 0 Å². The average molecular weight is 263 g/mol. The lowest BCUT2D eigenvalue weighted by Crippen LogP contribution is -2.22. The molecular weight excluding hydrogens is 246 g/mol. The Morgan fingerprint density at radius 3 is 3.00 bits per heavy atom. The summed E-state index contributed by atoms with van der Waals surface area (Å²) < 4.78 is 5.41. The van der Waals surface area contributed by atoms with Gasteiger partial charge in [0.1, 0.15) is 5.01 Å². The van der Waals surface area contributed by atoms with Crippen LogP contribution < -0.4 is 0 Å². The summed E-state index contributed by atoms with van der Waals surface area (Å²) in [6.45, 7) is 6.05. The molecule has 0 saturated carbocycles. The fraction of sp³-hybridized carbons (Fsp3) is 0.538. The Hall–Kier alpha value is -1.20. The van der Waals surface area contributed by atoms with E-state index in [-0.39, 0.29) is 0 Å². The Bertz CT molecular complexity index is 534. The highest BCUT2D eigenvalue weighted by Gasteiger charge is 2.29. The second-order valence-electron chi connectivity index (χ2n) is 4.88. The first-order chi connectivity index (χ1) is 8.72. The zero-order chi connectivity index (χ0) is 12.5. The third kappa shape index (κ3) is 2.33. The van der Waals surface area contributed by atoms with Crippen LogP contribution in [0, 0.1) is 13.8 Å². The van der Waals surface area contributed by atoms with Gasteiger partial charge in [0.25, 0.3) is 0 Å². The van der Waals surface area contributed by atoms with E-state index in [0.717, 1.165) is 36.7 Å². The molecule has 18 heavy (non-hydrogen) atoms. The zero-order valence-electron chi connectivity index (χ0n) is 10.7. The highest BCUT2D eigenvalue weighted by molar-refractivity contribution is 7.09. The highest BCUT2D eigenvalue weighted by Crippen LogP contribution is 2.33. The van der Waals surface area contributed by atoms with Crippen molar-refractivity contribution in [3.63, 3.8) is 0 Å². The number of hydrogen-bond acceptors (Lipinski definition) is 5. The van der Waals surface area contributed by atoms with Gasteiger partial charge in [-0.3, -0.25) is 4.90 Å². The van der Waals surface area contributed by atoms with Gasteiger partial charge in [-0.15, -0.1) is 11.3 Å². The molecule has 0 unspecified atom stereocenters. The van der Waals surface area contributed by atoms with Crippen molar-refractivity contribution < 1.29 is 4.52 Å². The van der Waals surface area contributed by atoms with Gasteiger partial charge >= 0.3 is 0 Å². The minimum absolute atomic E-state index is 0.371. The number of nitrogens with zero attached hydrogens (tertiary/aromatic N) is 3. The van der Waals surface area contributed by atoms with E-state index in [4.69, 9.17) is 4.52 Å². The molecule has 3 rings (SSSR count). The molecule has 4 nitrogen and oxygen atoms in total. The number of aryl methyl sites for hydroxylation is 2. The minimum Gasteiger partial charge on any atom is -0.359 e. The van der Waals surface area contributed by atoms with Gasteiger partial charge < -0.3 is 4.52 Å². The summed E-state index contributed by atoms with van der Waals surface area (Å²) in [5.41, 5.74) is 2.07. The molecule has 5 heteroatoms. The largest absolute Gasteiger partial charge is 0.359 e. The molecule has 2 aromatic heterocycles. The van der Waals surface area contributed by atoms with Gasteiger partial charge in [-0.2, -0.15) is 0 Å². The van der Waals surface area contributed by atoms with Gasteiger partial charge in [-0.25, -0.2) is 4.98 Å². The van der Waals surface area contributed by atoms with E-state index < -0.39 is 0 Å². The zero-order valence-corrected chi connectivity index (χ0v) is 11.5. The summed E-state index contributed by atoms with van der Waals surface area (Å²) in [7, 11) is 0. The van der Waals surface area contributed by atoms with Crippen molar-refractivity contribution in [3.05, 3.63) is 33.6 Å². The average Bonchev–Trinajstić information content (AvgIpc) is 3.01. The molecule has 0 radical (unpaired) electrons. The van der Waals surface area contributed by atoms with Gasteiger partial charge in [0.15, 0.2) is 5.76 Å². The van der Waals surface area contributed by atoms with Crippen molar-refractivity contribution in [1.82, 2.24) is 15.0 Å². The van der Waals surface area contributed by atoms with E-state index in [1.807, 2.05) is 13.8 Å². The van der Waals surface area contributed by atoms with E-state index in [1.165, 1.54) is 11.4 Å². The molecule has 0 bridgehead atoms. The third-order valence-corrected chi connectivity index (χ3v) is 4.29. The van der Waals surface area contributed by atoms with E-state index >= 15 is 0 Å². The van der Waals surface area contributed by atoms with E-state index in [2.05, 4.69) is 26.5 Å². The molecule has 0 aliphatic carbocycles. The number of aromatic nitrogens is 2. The Kier molecular flexibility index (Phi) is 3.18. The molecule has 1 aliphatic heterocycles. The second-order valence-corrected chi connectivity index (χ2v) is 5.82. The Morgan fingerprint density at radius 2 is 2.33 bits per heavy atom. The van der Waals surface area contributed by atoms with Crippen LogP contribution >= 0.6 is 11.3 Å². The standard InChI is InChI=1S/C13H17N3OS/c1-9-6-12(17-15-9)11-4-3-5-16(11)7-13-14-10(2)8-18-13/h6,8,11H,3-5,7H2,1-2H3/t11-/m1/s1. The molecule has 0 N–H and O–H groups in total. The number of likely N-dealkylation sites (tertiary alicyclic amines) is 1. The lowest BCUT2D eigenvalue weighted by atomic mass is 10.1. The monoisotopic (exact) mass is 263 g/mol. The molecule has 1 atom stereocenters. The summed E-state index contributed by atoms with van der Waals surface area (Å²) in [5.74, 6) is 0.998. The predicted octanol–water partition coefficient (Wildman–Crippen LogP) is 3.09. The number of hydrogen-bond donors (Lipinski definition) is 0. The van der Waals surface area contributed by atoms with Gasteiger partial charge in [0.2, 0.25) is 0 Å². The van der Waals surface area contributed by atoms with Crippen molar-refractivity contribution in [1.29, 1.82) is 0 Å². The smallest absolute Gasteiger partial charge is 0.154 e. The number of thiazole rings is 1. The van der Waals surface area contributed by atoms with Crippen LogP contribution in [0.5, 0.6) is 0 Å². The van der Waals surface area contributed by atoms with E-state index in [9.17, 15) is 0 Å². The van der Waals surface area contributed by atoms with Gasteiger partial charge in [-0.1, -0.05) is 5.16 Å². The number of rotatable bonds is 3. The Labute approximate surface area is 111 Å². The molecule has 1 fully saturated rings.